The smallest absolute Gasteiger partial charge is 0.327 e. The van der Waals surface area contributed by atoms with E-state index in [2.05, 4.69) is 31.0 Å². The Morgan fingerprint density at radius 1 is 1.32 bits per heavy atom. The van der Waals surface area contributed by atoms with E-state index in [1.54, 1.807) is 6.07 Å². The number of esters is 1. The molecule has 0 radical (unpaired) electrons. The number of carbonyl (C=O) groups excluding carboxylic acids is 1. The van der Waals surface area contributed by atoms with Crippen LogP contribution in [0.1, 0.15) is 17.0 Å². The number of aromatic nitrogens is 1. The van der Waals surface area contributed by atoms with Crippen LogP contribution in [0.3, 0.4) is 0 Å². The van der Waals surface area contributed by atoms with Gasteiger partial charge in [0.05, 0.1) is 33.4 Å². The van der Waals surface area contributed by atoms with Gasteiger partial charge in [0.1, 0.15) is 5.82 Å². The number of carbonyl (C=O) groups is 1. The summed E-state index contributed by atoms with van der Waals surface area (Å²) in [5.41, 5.74) is 0.285. The van der Waals surface area contributed by atoms with Crippen LogP contribution >= 0.6 is 23.1 Å². The first-order chi connectivity index (χ1) is 16.4. The van der Waals surface area contributed by atoms with Crippen molar-refractivity contribution in [2.45, 2.75) is 12.3 Å². The van der Waals surface area contributed by atoms with Crippen LogP contribution in [0.2, 0.25) is 5.02 Å². The summed E-state index contributed by atoms with van der Waals surface area (Å²) >= 11 is 7.84. The molecule has 9 nitrogen and oxygen atoms in total. The molecule has 4 rings (SSSR count). The minimum atomic E-state index is -1.39. The van der Waals surface area contributed by atoms with Crippen LogP contribution in [-0.4, -0.2) is 60.0 Å². The van der Waals surface area contributed by atoms with E-state index < -0.39 is 16.8 Å². The van der Waals surface area contributed by atoms with Gasteiger partial charge in [0.15, 0.2) is 5.92 Å². The fourth-order valence-electron chi connectivity index (χ4n) is 4.14. The molecule has 2 heterocycles. The van der Waals surface area contributed by atoms with Crippen molar-refractivity contribution in [3.05, 3.63) is 62.7 Å². The van der Waals surface area contributed by atoms with E-state index in [1.807, 2.05) is 12.1 Å². The Bertz CT molecular complexity index is 1270. The van der Waals surface area contributed by atoms with Crippen molar-refractivity contribution in [1.29, 1.82) is 5.26 Å². The molecule has 1 aliphatic rings. The van der Waals surface area contributed by atoms with Crippen LogP contribution in [-0.2, 0) is 16.0 Å². The molecule has 11 heteroatoms. The van der Waals surface area contributed by atoms with Gasteiger partial charge in [-0.1, -0.05) is 23.7 Å². The molecule has 34 heavy (non-hydrogen) atoms. The largest absolute Gasteiger partial charge is 0.468 e. The van der Waals surface area contributed by atoms with E-state index in [-0.39, 0.29) is 16.3 Å². The highest BCUT2D eigenvalue weighted by Gasteiger charge is 2.30. The second kappa shape index (κ2) is 10.3. The highest BCUT2D eigenvalue weighted by atomic mass is 35.5. The number of hydrogen-bond acceptors (Lipinski definition) is 9. The predicted octanol–water partition coefficient (Wildman–Crippen LogP) is 4.00. The lowest BCUT2D eigenvalue weighted by Crippen LogP contribution is -2.47. The van der Waals surface area contributed by atoms with Gasteiger partial charge in [-0.3, -0.25) is 19.8 Å². The van der Waals surface area contributed by atoms with E-state index in [9.17, 15) is 20.2 Å². The van der Waals surface area contributed by atoms with Crippen molar-refractivity contribution < 1.29 is 14.5 Å². The zero-order valence-electron chi connectivity index (χ0n) is 18.4. The molecule has 3 aromatic rings. The lowest BCUT2D eigenvalue weighted by Gasteiger charge is -2.35. The maximum Gasteiger partial charge on any atom is 0.327 e. The van der Waals surface area contributed by atoms with Crippen LogP contribution in [0, 0.1) is 21.4 Å². The van der Waals surface area contributed by atoms with Gasteiger partial charge in [0, 0.05) is 44.2 Å². The fourth-order valence-corrected chi connectivity index (χ4v) is 5.19. The quantitative estimate of drug-likeness (QED) is 0.272. The number of anilines is 1. The van der Waals surface area contributed by atoms with E-state index in [0.717, 1.165) is 39.1 Å². The molecule has 0 saturated carbocycles. The van der Waals surface area contributed by atoms with Crippen molar-refractivity contribution in [2.24, 2.45) is 0 Å². The summed E-state index contributed by atoms with van der Waals surface area (Å²) in [6.45, 7) is 4.05. The van der Waals surface area contributed by atoms with Crippen LogP contribution in [0.5, 0.6) is 0 Å². The minimum Gasteiger partial charge on any atom is -0.468 e. The first-order valence-electron chi connectivity index (χ1n) is 10.7. The first kappa shape index (κ1) is 23.9. The molecule has 1 saturated heterocycles. The number of hydrogen-bond donors (Lipinski definition) is 0. The molecule has 0 N–H and O–H groups in total. The van der Waals surface area contributed by atoms with Gasteiger partial charge in [-0.15, -0.1) is 0 Å². The van der Waals surface area contributed by atoms with Crippen molar-refractivity contribution in [2.75, 3.05) is 44.7 Å². The summed E-state index contributed by atoms with van der Waals surface area (Å²) in [7, 11) is 1.14. The second-order valence-electron chi connectivity index (χ2n) is 7.93. The summed E-state index contributed by atoms with van der Waals surface area (Å²) in [5, 5.41) is 22.3. The van der Waals surface area contributed by atoms with Crippen molar-refractivity contribution in [1.82, 2.24) is 9.27 Å². The van der Waals surface area contributed by atoms with Crippen LogP contribution in [0.15, 0.2) is 36.4 Å². The number of halogens is 1. The Balaban J connectivity index is 1.44. The lowest BCUT2D eigenvalue weighted by atomic mass is 9.95. The van der Waals surface area contributed by atoms with Crippen molar-refractivity contribution in [3.8, 4) is 6.07 Å². The van der Waals surface area contributed by atoms with Gasteiger partial charge in [0.25, 0.3) is 5.69 Å². The number of benzene rings is 2. The zero-order valence-corrected chi connectivity index (χ0v) is 20.0. The Morgan fingerprint density at radius 3 is 2.74 bits per heavy atom. The molecule has 1 aromatic heterocycles. The second-order valence-corrected chi connectivity index (χ2v) is 9.14. The molecule has 1 atom stereocenters. The predicted molar refractivity (Wildman–Crippen MR) is 130 cm³/mol. The normalized spacial score (nSPS) is 15.1. The number of fused-ring (bicyclic) bond motifs is 1. The molecule has 0 amide bonds. The zero-order chi connectivity index (χ0) is 24.2. The van der Waals surface area contributed by atoms with Crippen LogP contribution in [0.25, 0.3) is 10.1 Å². The highest BCUT2D eigenvalue weighted by Crippen LogP contribution is 2.34. The topological polar surface area (TPSA) is 113 Å². The minimum absolute atomic E-state index is 0.000945. The molecular formula is C23H22ClN5O4S. The van der Waals surface area contributed by atoms with E-state index in [4.69, 9.17) is 11.6 Å². The third-order valence-electron chi connectivity index (χ3n) is 6.00. The molecule has 1 aliphatic heterocycles. The highest BCUT2D eigenvalue weighted by molar-refractivity contribution is 7.13. The van der Waals surface area contributed by atoms with Crippen LogP contribution in [0.4, 0.5) is 11.5 Å². The number of methoxy groups -OCH3 is 1. The monoisotopic (exact) mass is 499 g/mol. The summed E-state index contributed by atoms with van der Waals surface area (Å²) in [6.07, 6.45) is 0.531. The standard InChI is InChI=1S/C23H22ClN5O4S/c1-33-23(30)18(14-25)17-12-15(19(24)13-20(17)29(31)32)6-7-27-8-10-28(11-9-27)22-16-4-2-3-5-21(16)34-26-22/h2-5,12-13,18H,6-11H2,1H3. The summed E-state index contributed by atoms with van der Waals surface area (Å²) in [5.74, 6) is -1.21. The van der Waals surface area contributed by atoms with Gasteiger partial charge in [-0.25, -0.2) is 0 Å². The number of rotatable bonds is 7. The number of nitro groups is 1. The Hall–Kier alpha value is -3.26. The third kappa shape index (κ3) is 4.82. The number of nitro benzene ring substituents is 1. The number of nitrogens with zero attached hydrogens (tertiary/aromatic N) is 5. The van der Waals surface area contributed by atoms with Crippen molar-refractivity contribution >= 4 is 50.7 Å². The van der Waals surface area contributed by atoms with Gasteiger partial charge in [-0.2, -0.15) is 9.64 Å². The maximum atomic E-state index is 12.0. The van der Waals surface area contributed by atoms with Gasteiger partial charge in [0.2, 0.25) is 0 Å². The average molecular weight is 500 g/mol. The fraction of sp³-hybridized carbons (Fsp3) is 0.348. The SMILES string of the molecule is COC(=O)C(C#N)c1cc(CCN2CCN(c3nsc4ccccc34)CC2)c(Cl)cc1[N+](=O)[O-]. The molecule has 1 fully saturated rings. The Labute approximate surface area is 205 Å². The molecule has 176 valence electrons. The lowest BCUT2D eigenvalue weighted by molar-refractivity contribution is -0.385. The third-order valence-corrected chi connectivity index (χ3v) is 7.17. The first-order valence-corrected chi connectivity index (χ1v) is 11.8. The molecule has 0 bridgehead atoms. The van der Waals surface area contributed by atoms with Gasteiger partial charge < -0.3 is 9.64 Å². The summed E-state index contributed by atoms with van der Waals surface area (Å²) in [6, 6.07) is 12.7. The van der Waals surface area contributed by atoms with E-state index >= 15 is 0 Å². The van der Waals surface area contributed by atoms with Crippen LogP contribution < -0.4 is 4.90 Å². The molecule has 2 aromatic carbocycles. The Morgan fingerprint density at radius 2 is 2.06 bits per heavy atom. The summed E-state index contributed by atoms with van der Waals surface area (Å²) < 4.78 is 10.5. The van der Waals surface area contributed by atoms with E-state index in [0.29, 0.717) is 18.5 Å². The summed E-state index contributed by atoms with van der Waals surface area (Å²) in [4.78, 5) is 27.5. The number of ether oxygens (including phenoxy) is 1. The molecule has 0 spiro atoms. The maximum absolute atomic E-state index is 12.0. The number of nitriles is 1. The van der Waals surface area contributed by atoms with E-state index in [1.165, 1.54) is 33.8 Å². The van der Waals surface area contributed by atoms with Gasteiger partial charge >= 0.3 is 5.97 Å². The average Bonchev–Trinajstić information content (AvgIpc) is 3.28. The Kier molecular flexibility index (Phi) is 7.26. The molecule has 0 aliphatic carbocycles. The van der Waals surface area contributed by atoms with Crippen molar-refractivity contribution in [3.63, 3.8) is 0 Å². The number of piperazine rings is 1. The van der Waals surface area contributed by atoms with Gasteiger partial charge in [-0.05, 0) is 41.7 Å². The molecular weight excluding hydrogens is 478 g/mol. The molecule has 1 unspecified atom stereocenters.